The third-order valence-electron chi connectivity index (χ3n) is 4.53. The van der Waals surface area contributed by atoms with Crippen molar-refractivity contribution in [1.29, 1.82) is 0 Å². The van der Waals surface area contributed by atoms with Gasteiger partial charge in [-0.05, 0) is 36.8 Å². The maximum atomic E-state index is 12.9. The third-order valence-corrected chi connectivity index (χ3v) is 4.53. The number of carbonyl (C=O) groups is 2. The number of carbonyl (C=O) groups excluding carboxylic acids is 2. The number of nitrogens with zero attached hydrogens (tertiary/aromatic N) is 2. The van der Waals surface area contributed by atoms with Crippen LogP contribution in [0.5, 0.6) is 0 Å². The molecule has 4 N–H and O–H groups in total. The quantitative estimate of drug-likeness (QED) is 0.545. The predicted octanol–water partition coefficient (Wildman–Crippen LogP) is 1.43. The molecular weight excluding hydrogens is 367 g/mol. The summed E-state index contributed by atoms with van der Waals surface area (Å²) >= 11 is 0. The third kappa shape index (κ3) is 3.70. The molecule has 2 aromatic heterocycles. The molecule has 0 spiro atoms. The number of imidazole rings is 1. The van der Waals surface area contributed by atoms with Crippen LogP contribution in [-0.2, 0) is 0 Å². The Labute approximate surface area is 158 Å². The molecule has 1 aliphatic rings. The predicted molar refractivity (Wildman–Crippen MR) is 99.6 cm³/mol. The van der Waals surface area contributed by atoms with E-state index < -0.39 is 6.03 Å². The number of halogens is 1. The number of fused-ring (bicyclic) bond motifs is 1. The number of nitrogens with one attached hydrogen (secondary N) is 4. The van der Waals surface area contributed by atoms with Gasteiger partial charge in [-0.2, -0.15) is 0 Å². The van der Waals surface area contributed by atoms with Gasteiger partial charge >= 0.3 is 11.7 Å². The Morgan fingerprint density at radius 3 is 2.79 bits per heavy atom. The molecule has 1 atom stereocenters. The summed E-state index contributed by atoms with van der Waals surface area (Å²) in [6, 6.07) is 6.40. The zero-order valence-electron chi connectivity index (χ0n) is 14.7. The molecule has 0 aliphatic carbocycles. The number of aromatic nitrogens is 3. The van der Waals surface area contributed by atoms with Crippen molar-refractivity contribution >= 4 is 28.8 Å². The van der Waals surface area contributed by atoms with Gasteiger partial charge in [0.2, 0.25) is 0 Å². The van der Waals surface area contributed by atoms with Crippen molar-refractivity contribution in [3.8, 4) is 0 Å². The van der Waals surface area contributed by atoms with Gasteiger partial charge in [0.15, 0.2) is 5.65 Å². The number of hydrogen-bond acceptors (Lipinski definition) is 4. The number of hydrogen-bond donors (Lipinski definition) is 4. The topological polar surface area (TPSA) is 123 Å². The van der Waals surface area contributed by atoms with Crippen LogP contribution in [0, 0.1) is 5.82 Å². The summed E-state index contributed by atoms with van der Waals surface area (Å²) in [6.45, 7) is 0.847. The van der Waals surface area contributed by atoms with E-state index in [1.807, 2.05) is 0 Å². The SMILES string of the molecule is O=C(Nc1ccc(F)cc1)NC1CCN(C(=O)c2cnc3[nH]c(=O)[nH]c3c2)C1. The van der Waals surface area contributed by atoms with E-state index in [0.717, 1.165) is 0 Å². The minimum Gasteiger partial charge on any atom is -0.336 e. The molecule has 4 rings (SSSR count). The van der Waals surface area contributed by atoms with Gasteiger partial charge in [-0.1, -0.05) is 0 Å². The van der Waals surface area contributed by atoms with Crippen molar-refractivity contribution in [2.24, 2.45) is 0 Å². The lowest BCUT2D eigenvalue weighted by Gasteiger charge is -2.17. The molecule has 3 aromatic rings. The zero-order valence-corrected chi connectivity index (χ0v) is 14.7. The lowest BCUT2D eigenvalue weighted by Crippen LogP contribution is -2.40. The number of likely N-dealkylation sites (tertiary alicyclic amines) is 1. The van der Waals surface area contributed by atoms with Crippen LogP contribution in [0.4, 0.5) is 14.9 Å². The Hall–Kier alpha value is -3.69. The highest BCUT2D eigenvalue weighted by atomic mass is 19.1. The fourth-order valence-electron chi connectivity index (χ4n) is 3.17. The smallest absolute Gasteiger partial charge is 0.325 e. The van der Waals surface area contributed by atoms with Gasteiger partial charge in [0.25, 0.3) is 5.91 Å². The molecule has 28 heavy (non-hydrogen) atoms. The molecule has 10 heteroatoms. The van der Waals surface area contributed by atoms with Crippen molar-refractivity contribution < 1.29 is 14.0 Å². The first-order valence-corrected chi connectivity index (χ1v) is 8.68. The van der Waals surface area contributed by atoms with Crippen molar-refractivity contribution in [3.05, 3.63) is 58.4 Å². The summed E-state index contributed by atoms with van der Waals surface area (Å²) in [5.74, 6) is -0.605. The summed E-state index contributed by atoms with van der Waals surface area (Å²) in [4.78, 5) is 46.9. The van der Waals surface area contributed by atoms with Crippen LogP contribution in [0.25, 0.3) is 11.2 Å². The fraction of sp³-hybridized carbons (Fsp3) is 0.222. The minimum atomic E-state index is -0.418. The van der Waals surface area contributed by atoms with Gasteiger partial charge in [-0.25, -0.2) is 19.0 Å². The van der Waals surface area contributed by atoms with Crippen LogP contribution in [0.15, 0.2) is 41.3 Å². The summed E-state index contributed by atoms with van der Waals surface area (Å²) in [6.07, 6.45) is 2.02. The number of aromatic amines is 2. The molecular formula is C18H17FN6O3. The number of anilines is 1. The van der Waals surface area contributed by atoms with E-state index in [4.69, 9.17) is 0 Å². The number of pyridine rings is 1. The molecule has 1 aliphatic heterocycles. The normalized spacial score (nSPS) is 16.3. The molecule has 0 saturated carbocycles. The van der Waals surface area contributed by atoms with E-state index in [-0.39, 0.29) is 23.5 Å². The molecule has 9 nitrogen and oxygen atoms in total. The summed E-state index contributed by atoms with van der Waals surface area (Å²) in [5, 5.41) is 5.43. The van der Waals surface area contributed by atoms with Crippen LogP contribution in [0.1, 0.15) is 16.8 Å². The maximum absolute atomic E-state index is 12.9. The van der Waals surface area contributed by atoms with E-state index >= 15 is 0 Å². The van der Waals surface area contributed by atoms with E-state index in [0.29, 0.717) is 41.9 Å². The van der Waals surface area contributed by atoms with Crippen LogP contribution in [0.2, 0.25) is 0 Å². The highest BCUT2D eigenvalue weighted by molar-refractivity contribution is 5.96. The van der Waals surface area contributed by atoms with Crippen LogP contribution in [0.3, 0.4) is 0 Å². The van der Waals surface area contributed by atoms with E-state index in [9.17, 15) is 18.8 Å². The fourth-order valence-corrected chi connectivity index (χ4v) is 3.17. The van der Waals surface area contributed by atoms with Crippen LogP contribution < -0.4 is 16.3 Å². The monoisotopic (exact) mass is 384 g/mol. The highest BCUT2D eigenvalue weighted by Gasteiger charge is 2.28. The second-order valence-corrected chi connectivity index (χ2v) is 6.54. The lowest BCUT2D eigenvalue weighted by molar-refractivity contribution is 0.0789. The van der Waals surface area contributed by atoms with Gasteiger partial charge in [-0.15, -0.1) is 0 Å². The average Bonchev–Trinajstić information content (AvgIpc) is 3.27. The molecule has 1 fully saturated rings. The molecule has 1 unspecified atom stereocenters. The highest BCUT2D eigenvalue weighted by Crippen LogP contribution is 2.16. The van der Waals surface area contributed by atoms with Gasteiger partial charge in [0, 0.05) is 31.0 Å². The maximum Gasteiger partial charge on any atom is 0.325 e. The van der Waals surface area contributed by atoms with Gasteiger partial charge in [0.1, 0.15) is 5.82 Å². The summed E-state index contributed by atoms with van der Waals surface area (Å²) in [7, 11) is 0. The average molecular weight is 384 g/mol. The van der Waals surface area contributed by atoms with Crippen molar-refractivity contribution in [2.45, 2.75) is 12.5 Å². The van der Waals surface area contributed by atoms with Crippen molar-refractivity contribution in [3.63, 3.8) is 0 Å². The molecule has 144 valence electrons. The largest absolute Gasteiger partial charge is 0.336 e. The number of benzene rings is 1. The number of urea groups is 1. The Kier molecular flexibility index (Phi) is 4.52. The van der Waals surface area contributed by atoms with E-state index in [1.54, 1.807) is 11.0 Å². The second-order valence-electron chi connectivity index (χ2n) is 6.54. The van der Waals surface area contributed by atoms with Crippen molar-refractivity contribution in [2.75, 3.05) is 18.4 Å². The molecule has 0 bridgehead atoms. The number of H-pyrrole nitrogens is 2. The Bertz CT molecular complexity index is 1090. The van der Waals surface area contributed by atoms with Crippen LogP contribution in [-0.4, -0.2) is 50.9 Å². The molecule has 1 saturated heterocycles. The van der Waals surface area contributed by atoms with E-state index in [2.05, 4.69) is 25.6 Å². The van der Waals surface area contributed by atoms with Crippen LogP contribution >= 0.6 is 0 Å². The molecule has 0 radical (unpaired) electrons. The first-order chi connectivity index (χ1) is 13.5. The Balaban J connectivity index is 1.36. The zero-order chi connectivity index (χ0) is 19.7. The first-order valence-electron chi connectivity index (χ1n) is 8.68. The number of rotatable bonds is 3. The minimum absolute atomic E-state index is 0.201. The Morgan fingerprint density at radius 2 is 2.00 bits per heavy atom. The first kappa shape index (κ1) is 17.7. The van der Waals surface area contributed by atoms with E-state index in [1.165, 1.54) is 30.5 Å². The Morgan fingerprint density at radius 1 is 1.21 bits per heavy atom. The van der Waals surface area contributed by atoms with Gasteiger partial charge in [-0.3, -0.25) is 9.78 Å². The van der Waals surface area contributed by atoms with Gasteiger partial charge in [0.05, 0.1) is 11.1 Å². The summed E-state index contributed by atoms with van der Waals surface area (Å²) < 4.78 is 12.9. The molecule has 3 amide bonds. The standard InChI is InChI=1S/C18H17FN6O3/c19-11-1-3-12(4-2-11)21-17(27)22-13-5-6-25(9-13)16(26)10-7-14-15(20-8-10)24-18(28)23-14/h1-4,7-8,13H,5-6,9H2,(H2,21,22,27)(H2,20,23,24,28). The second kappa shape index (κ2) is 7.14. The lowest BCUT2D eigenvalue weighted by atomic mass is 10.2. The summed E-state index contributed by atoms with van der Waals surface area (Å²) in [5.41, 5.74) is 1.30. The molecule has 3 heterocycles. The molecule has 1 aromatic carbocycles. The van der Waals surface area contributed by atoms with Gasteiger partial charge < -0.3 is 20.5 Å². The van der Waals surface area contributed by atoms with Crippen molar-refractivity contribution in [1.82, 2.24) is 25.2 Å². The number of amides is 3.